The lowest BCUT2D eigenvalue weighted by atomic mass is 9.94. The van der Waals surface area contributed by atoms with E-state index in [-0.39, 0.29) is 18.5 Å². The third-order valence-electron chi connectivity index (χ3n) is 12.2. The molecule has 0 saturated carbocycles. The zero-order valence-electron chi connectivity index (χ0n) is 39.1. The van der Waals surface area contributed by atoms with E-state index in [1.165, 1.54) is 205 Å². The van der Waals surface area contributed by atoms with Crippen molar-refractivity contribution >= 4 is 11.9 Å². The van der Waals surface area contributed by atoms with E-state index in [2.05, 4.69) is 32.6 Å². The van der Waals surface area contributed by atoms with Crippen molar-refractivity contribution in [1.29, 1.82) is 0 Å². The Bertz CT molecular complexity index is 821. The molecule has 0 bridgehead atoms. The topological polar surface area (TPSA) is 76.1 Å². The van der Waals surface area contributed by atoms with Gasteiger partial charge in [0.1, 0.15) is 0 Å². The maximum absolute atomic E-state index is 12.8. The van der Waals surface area contributed by atoms with E-state index < -0.39 is 0 Å². The number of carbonyl (C=O) groups excluding carboxylic acids is 2. The minimum absolute atomic E-state index is 0.0625. The molecule has 1 N–H and O–H groups in total. The van der Waals surface area contributed by atoms with Crippen LogP contribution in [0.5, 0.6) is 0 Å². The van der Waals surface area contributed by atoms with Gasteiger partial charge in [0.05, 0.1) is 19.8 Å². The molecular formula is C51H101NO5. The Kier molecular flexibility index (Phi) is 45.0. The van der Waals surface area contributed by atoms with Gasteiger partial charge in [-0.1, -0.05) is 207 Å². The molecule has 0 aliphatic carbocycles. The molecule has 0 saturated heterocycles. The summed E-state index contributed by atoms with van der Waals surface area (Å²) >= 11 is 0. The standard InChI is InChI=1S/C51H101NO5/c1-5-9-13-17-21-23-27-31-38-48(36-29-25-19-15-11-7-3)46-56-50(54)40-33-34-42-52(44-45-53)43-35-41-51(55)57-47-49(37-30-26-20-16-12-8-4)39-32-28-24-22-18-14-10-6-2/h48-49,53H,5-47H2,1-4H3. The largest absolute Gasteiger partial charge is 0.465 e. The molecule has 0 aromatic rings. The van der Waals surface area contributed by atoms with Gasteiger partial charge >= 0.3 is 11.9 Å². The van der Waals surface area contributed by atoms with Gasteiger partial charge in [0, 0.05) is 19.4 Å². The molecule has 57 heavy (non-hydrogen) atoms. The zero-order chi connectivity index (χ0) is 41.7. The SMILES string of the molecule is CCCCCCCCCCC(CCCCCCCC)COC(=O)CCCCN(CCO)CCCC(=O)OCC(CCCCCCCC)CCCCCCCCCC. The van der Waals surface area contributed by atoms with Crippen LogP contribution >= 0.6 is 0 Å². The predicted molar refractivity (Wildman–Crippen MR) is 246 cm³/mol. The number of carbonyl (C=O) groups is 2. The molecule has 0 fully saturated rings. The molecule has 0 rings (SSSR count). The highest BCUT2D eigenvalue weighted by Gasteiger charge is 2.15. The lowest BCUT2D eigenvalue weighted by Crippen LogP contribution is -2.29. The van der Waals surface area contributed by atoms with Gasteiger partial charge in [0.25, 0.3) is 0 Å². The summed E-state index contributed by atoms with van der Waals surface area (Å²) in [5, 5.41) is 9.68. The molecular weight excluding hydrogens is 707 g/mol. The Hall–Kier alpha value is -1.14. The fraction of sp³-hybridized carbons (Fsp3) is 0.961. The first kappa shape index (κ1) is 55.9. The van der Waals surface area contributed by atoms with E-state index in [0.29, 0.717) is 44.4 Å². The van der Waals surface area contributed by atoms with Gasteiger partial charge in [0.15, 0.2) is 0 Å². The normalized spacial score (nSPS) is 12.7. The lowest BCUT2D eigenvalue weighted by molar-refractivity contribution is -0.146. The van der Waals surface area contributed by atoms with Crippen molar-refractivity contribution in [2.45, 2.75) is 265 Å². The Balaban J connectivity index is 4.49. The minimum Gasteiger partial charge on any atom is -0.465 e. The number of hydrogen-bond donors (Lipinski definition) is 1. The number of nitrogens with zero attached hydrogens (tertiary/aromatic N) is 1. The second-order valence-electron chi connectivity index (χ2n) is 17.9. The molecule has 6 heteroatoms. The molecule has 0 amide bonds. The third-order valence-corrected chi connectivity index (χ3v) is 12.2. The van der Waals surface area contributed by atoms with Crippen LogP contribution in [0.15, 0.2) is 0 Å². The van der Waals surface area contributed by atoms with E-state index in [1.807, 2.05) is 0 Å². The van der Waals surface area contributed by atoms with Crippen molar-refractivity contribution < 1.29 is 24.2 Å². The zero-order valence-corrected chi connectivity index (χ0v) is 39.1. The van der Waals surface area contributed by atoms with Crippen LogP contribution in [0.2, 0.25) is 0 Å². The molecule has 0 aromatic heterocycles. The van der Waals surface area contributed by atoms with E-state index in [9.17, 15) is 14.7 Å². The summed E-state index contributed by atoms with van der Waals surface area (Å²) in [5.74, 6) is 0.835. The summed E-state index contributed by atoms with van der Waals surface area (Å²) in [7, 11) is 0. The molecule has 0 aliphatic heterocycles. The minimum atomic E-state index is -0.0808. The first-order chi connectivity index (χ1) is 28.0. The van der Waals surface area contributed by atoms with Gasteiger partial charge < -0.3 is 19.5 Å². The van der Waals surface area contributed by atoms with Gasteiger partial charge in [0.2, 0.25) is 0 Å². The molecule has 2 unspecified atom stereocenters. The van der Waals surface area contributed by atoms with E-state index in [0.717, 1.165) is 32.4 Å². The summed E-state index contributed by atoms with van der Waals surface area (Å²) in [5.41, 5.74) is 0. The molecule has 0 spiro atoms. The molecule has 0 radical (unpaired) electrons. The second kappa shape index (κ2) is 45.9. The molecule has 340 valence electrons. The highest BCUT2D eigenvalue weighted by Crippen LogP contribution is 2.22. The lowest BCUT2D eigenvalue weighted by Gasteiger charge is -2.21. The van der Waals surface area contributed by atoms with Gasteiger partial charge in [-0.2, -0.15) is 0 Å². The maximum atomic E-state index is 12.8. The quantitative estimate of drug-likeness (QED) is 0.0487. The van der Waals surface area contributed by atoms with Crippen LogP contribution in [0.3, 0.4) is 0 Å². The van der Waals surface area contributed by atoms with Crippen LogP contribution in [0.25, 0.3) is 0 Å². The first-order valence-electron chi connectivity index (χ1n) is 25.6. The van der Waals surface area contributed by atoms with E-state index >= 15 is 0 Å². The van der Waals surface area contributed by atoms with Crippen LogP contribution in [-0.4, -0.2) is 61.4 Å². The van der Waals surface area contributed by atoms with Crippen molar-refractivity contribution in [2.75, 3.05) is 39.5 Å². The Morgan fingerprint density at radius 1 is 0.386 bits per heavy atom. The molecule has 0 aliphatic rings. The van der Waals surface area contributed by atoms with Crippen LogP contribution in [0, 0.1) is 11.8 Å². The van der Waals surface area contributed by atoms with Crippen LogP contribution in [0.4, 0.5) is 0 Å². The van der Waals surface area contributed by atoms with Gasteiger partial charge in [-0.25, -0.2) is 0 Å². The number of hydrogen-bond acceptors (Lipinski definition) is 6. The molecule has 0 heterocycles. The van der Waals surface area contributed by atoms with Crippen molar-refractivity contribution in [3.8, 4) is 0 Å². The van der Waals surface area contributed by atoms with Crippen molar-refractivity contribution in [3.05, 3.63) is 0 Å². The Labute approximate surface area is 356 Å². The first-order valence-corrected chi connectivity index (χ1v) is 25.6. The van der Waals surface area contributed by atoms with E-state index in [1.54, 1.807) is 0 Å². The average molecular weight is 808 g/mol. The summed E-state index contributed by atoms with van der Waals surface area (Å²) in [6, 6.07) is 0. The van der Waals surface area contributed by atoms with Gasteiger partial charge in [-0.3, -0.25) is 9.59 Å². The predicted octanol–water partition coefficient (Wildman–Crippen LogP) is 15.1. The van der Waals surface area contributed by atoms with E-state index in [4.69, 9.17) is 9.47 Å². The van der Waals surface area contributed by atoms with Crippen molar-refractivity contribution in [1.82, 2.24) is 4.90 Å². The van der Waals surface area contributed by atoms with Crippen molar-refractivity contribution in [2.24, 2.45) is 11.8 Å². The number of rotatable bonds is 47. The summed E-state index contributed by atoms with van der Waals surface area (Å²) in [6.07, 6.45) is 45.0. The fourth-order valence-electron chi connectivity index (χ4n) is 8.28. The summed E-state index contributed by atoms with van der Waals surface area (Å²) in [6.45, 7) is 12.5. The maximum Gasteiger partial charge on any atom is 0.305 e. The second-order valence-corrected chi connectivity index (χ2v) is 17.9. The molecule has 0 aromatic carbocycles. The molecule has 2 atom stereocenters. The number of aliphatic hydroxyl groups excluding tert-OH is 1. The van der Waals surface area contributed by atoms with Crippen LogP contribution in [-0.2, 0) is 19.1 Å². The Morgan fingerprint density at radius 2 is 0.684 bits per heavy atom. The number of aliphatic hydroxyl groups is 1. The smallest absolute Gasteiger partial charge is 0.305 e. The fourth-order valence-corrected chi connectivity index (χ4v) is 8.28. The number of esters is 2. The number of unbranched alkanes of at least 4 members (excludes halogenated alkanes) is 25. The van der Waals surface area contributed by atoms with Crippen LogP contribution < -0.4 is 0 Å². The van der Waals surface area contributed by atoms with Crippen molar-refractivity contribution in [3.63, 3.8) is 0 Å². The summed E-state index contributed by atoms with van der Waals surface area (Å²) in [4.78, 5) is 27.7. The summed E-state index contributed by atoms with van der Waals surface area (Å²) < 4.78 is 11.7. The monoisotopic (exact) mass is 808 g/mol. The van der Waals surface area contributed by atoms with Gasteiger partial charge in [-0.05, 0) is 69.9 Å². The highest BCUT2D eigenvalue weighted by molar-refractivity contribution is 5.69. The third kappa shape index (κ3) is 41.4. The van der Waals surface area contributed by atoms with Crippen LogP contribution in [0.1, 0.15) is 265 Å². The average Bonchev–Trinajstić information content (AvgIpc) is 3.21. The highest BCUT2D eigenvalue weighted by atomic mass is 16.5. The van der Waals surface area contributed by atoms with Gasteiger partial charge in [-0.15, -0.1) is 0 Å². The molecule has 6 nitrogen and oxygen atoms in total. The number of ether oxygens (including phenoxy) is 2. The Morgan fingerprint density at radius 3 is 1.02 bits per heavy atom.